The maximum Gasteiger partial charge on any atom is 0.159 e. The lowest BCUT2D eigenvalue weighted by Gasteiger charge is -2.06. The number of benzene rings is 2. The van der Waals surface area contributed by atoms with E-state index >= 15 is 0 Å². The molecule has 0 spiro atoms. The van der Waals surface area contributed by atoms with Gasteiger partial charge in [0.2, 0.25) is 0 Å². The molecule has 1 heterocycles. The van der Waals surface area contributed by atoms with Gasteiger partial charge >= 0.3 is 0 Å². The van der Waals surface area contributed by atoms with Gasteiger partial charge in [0, 0.05) is 41.4 Å². The topological polar surface area (TPSA) is 47.0 Å². The third-order valence-corrected chi connectivity index (χ3v) is 5.82. The molecular weight excluding hydrogens is 478 g/mol. The summed E-state index contributed by atoms with van der Waals surface area (Å²) in [7, 11) is 0. The lowest BCUT2D eigenvalue weighted by molar-refractivity contribution is -0.121. The number of Topliss-reactive ketones (excluding diaryl/α,β-unsaturated/α-hetero) is 2. The van der Waals surface area contributed by atoms with E-state index < -0.39 is 0 Å². The summed E-state index contributed by atoms with van der Waals surface area (Å²) in [6, 6.07) is 19.9. The molecule has 0 bridgehead atoms. The second-order valence-electron chi connectivity index (χ2n) is 8.68. The van der Waals surface area contributed by atoms with Gasteiger partial charge in [0.25, 0.3) is 0 Å². The summed E-state index contributed by atoms with van der Waals surface area (Å²) < 4.78 is 0. The normalized spacial score (nSPS) is 9.95. The molecule has 0 aliphatic carbocycles. The predicted molar refractivity (Wildman–Crippen MR) is 167 cm³/mol. The zero-order valence-corrected chi connectivity index (χ0v) is 25.3. The Kier molecular flexibility index (Phi) is 19.1. The van der Waals surface area contributed by atoms with Crippen molar-refractivity contribution in [1.82, 2.24) is 4.98 Å². The van der Waals surface area contributed by atoms with Crippen LogP contribution >= 0.6 is 0 Å². The minimum Gasteiger partial charge on any atom is -0.299 e. The van der Waals surface area contributed by atoms with Crippen molar-refractivity contribution >= 4 is 11.6 Å². The van der Waals surface area contributed by atoms with Crippen molar-refractivity contribution in [2.45, 2.75) is 81.1 Å². The lowest BCUT2D eigenvalue weighted by Crippen LogP contribution is -2.09. The average molecular weight is 526 g/mol. The highest BCUT2D eigenvalue weighted by atomic mass is 16.1. The number of nitrogens with zero attached hydrogens (tertiary/aromatic N) is 1. The molecule has 0 amide bonds. The first-order valence-electron chi connectivity index (χ1n) is 14.1. The molecule has 1 unspecified atom stereocenters. The van der Waals surface area contributed by atoms with E-state index in [0.29, 0.717) is 12.0 Å². The number of hydrogen-bond acceptors (Lipinski definition) is 3. The summed E-state index contributed by atoms with van der Waals surface area (Å²) in [6.45, 7) is 18.9. The molecule has 0 radical (unpaired) electrons. The van der Waals surface area contributed by atoms with E-state index in [4.69, 9.17) is 0 Å². The Morgan fingerprint density at radius 3 is 1.74 bits per heavy atom. The van der Waals surface area contributed by atoms with Crippen molar-refractivity contribution in [1.29, 1.82) is 0 Å². The van der Waals surface area contributed by atoms with E-state index in [1.54, 1.807) is 13.1 Å². The van der Waals surface area contributed by atoms with Crippen LogP contribution in [0, 0.1) is 17.8 Å². The number of aromatic nitrogens is 1. The molecule has 0 fully saturated rings. The summed E-state index contributed by atoms with van der Waals surface area (Å²) in [4.78, 5) is 26.3. The van der Waals surface area contributed by atoms with Crippen LogP contribution in [0.3, 0.4) is 0 Å². The van der Waals surface area contributed by atoms with Gasteiger partial charge < -0.3 is 0 Å². The van der Waals surface area contributed by atoms with Crippen molar-refractivity contribution in [3.63, 3.8) is 0 Å². The molecule has 0 aliphatic rings. The van der Waals surface area contributed by atoms with Crippen molar-refractivity contribution in [2.75, 3.05) is 0 Å². The standard InChI is InChI=1S/C24H21NO.C8H14O.2C2H6/c1-19(26)24-15-13-22(14-16-24)12-11-21-9-7-20(8-10-21)4-2-5-23-6-3-17-25-18-23;1-5-8(9)7(4)6(2)3;2*1-2/h3,6-10,13-18H,2,4-5H2,1H3;7H,2,5H2,1,3-4H3;2*1-2H3. The van der Waals surface area contributed by atoms with Crippen molar-refractivity contribution < 1.29 is 9.59 Å². The maximum atomic E-state index is 11.3. The molecule has 2 aromatic carbocycles. The molecule has 0 N–H and O–H groups in total. The Morgan fingerprint density at radius 2 is 1.33 bits per heavy atom. The molecule has 0 saturated heterocycles. The minimum absolute atomic E-state index is 0.0509. The van der Waals surface area contributed by atoms with Crippen LogP contribution in [0.1, 0.15) is 101 Å². The van der Waals surface area contributed by atoms with Gasteiger partial charge in [-0.25, -0.2) is 0 Å². The Hall–Kier alpha value is -3.77. The summed E-state index contributed by atoms with van der Waals surface area (Å²) >= 11 is 0. The van der Waals surface area contributed by atoms with Crippen LogP contribution in [0.15, 0.2) is 85.2 Å². The minimum atomic E-state index is 0.0509. The Bertz CT molecular complexity index is 1160. The molecule has 39 heavy (non-hydrogen) atoms. The van der Waals surface area contributed by atoms with Crippen LogP contribution in [0.25, 0.3) is 0 Å². The molecule has 208 valence electrons. The first-order valence-corrected chi connectivity index (χ1v) is 14.1. The van der Waals surface area contributed by atoms with E-state index in [9.17, 15) is 9.59 Å². The number of carbonyl (C=O) groups excluding carboxylic acids is 2. The van der Waals surface area contributed by atoms with Crippen LogP contribution in [0.4, 0.5) is 0 Å². The van der Waals surface area contributed by atoms with Crippen molar-refractivity contribution in [3.8, 4) is 11.8 Å². The molecule has 0 aliphatic heterocycles. The molecule has 3 nitrogen and oxygen atoms in total. The number of pyridine rings is 1. The number of allylic oxidation sites excluding steroid dienone is 1. The fourth-order valence-electron chi connectivity index (χ4n) is 3.31. The van der Waals surface area contributed by atoms with E-state index in [1.165, 1.54) is 11.1 Å². The fraction of sp³-hybridized carbons (Fsp3) is 0.361. The quantitative estimate of drug-likeness (QED) is 0.167. The summed E-state index contributed by atoms with van der Waals surface area (Å²) in [5.41, 5.74) is 6.19. The van der Waals surface area contributed by atoms with Gasteiger partial charge in [0.05, 0.1) is 0 Å². The van der Waals surface area contributed by atoms with Crippen molar-refractivity contribution in [3.05, 3.63) is 113 Å². The molecule has 3 aromatic rings. The Balaban J connectivity index is 0.000000940. The monoisotopic (exact) mass is 525 g/mol. The summed E-state index contributed by atoms with van der Waals surface area (Å²) in [5.74, 6) is 6.72. The van der Waals surface area contributed by atoms with Gasteiger partial charge in [-0.05, 0) is 74.6 Å². The second-order valence-corrected chi connectivity index (χ2v) is 8.68. The van der Waals surface area contributed by atoms with E-state index in [2.05, 4.69) is 53.7 Å². The summed E-state index contributed by atoms with van der Waals surface area (Å²) in [5, 5.41) is 0. The van der Waals surface area contributed by atoms with Gasteiger partial charge in [0.15, 0.2) is 5.78 Å². The third-order valence-electron chi connectivity index (χ3n) is 5.82. The number of ketones is 2. The van der Waals surface area contributed by atoms with Crippen LogP contribution in [0.2, 0.25) is 0 Å². The number of hydrogen-bond donors (Lipinski definition) is 0. The highest BCUT2D eigenvalue weighted by molar-refractivity contribution is 5.94. The Morgan fingerprint density at radius 1 is 0.821 bits per heavy atom. The largest absolute Gasteiger partial charge is 0.299 e. The predicted octanol–water partition coefficient (Wildman–Crippen LogP) is 9.09. The highest BCUT2D eigenvalue weighted by Crippen LogP contribution is 2.10. The van der Waals surface area contributed by atoms with Gasteiger partial charge in [-0.3, -0.25) is 14.6 Å². The van der Waals surface area contributed by atoms with Crippen LogP contribution < -0.4 is 0 Å². The maximum absolute atomic E-state index is 11.3. The van der Waals surface area contributed by atoms with Crippen molar-refractivity contribution in [2.24, 2.45) is 5.92 Å². The van der Waals surface area contributed by atoms with Gasteiger partial charge in [-0.1, -0.05) is 95.9 Å². The molecule has 3 heteroatoms. The van der Waals surface area contributed by atoms with Crippen LogP contribution in [0.5, 0.6) is 0 Å². The molecular formula is C36H47NO2. The fourth-order valence-corrected chi connectivity index (χ4v) is 3.31. The lowest BCUT2D eigenvalue weighted by atomic mass is 9.98. The summed E-state index contributed by atoms with van der Waals surface area (Å²) in [6.07, 6.45) is 7.57. The van der Waals surface area contributed by atoms with Crippen LogP contribution in [-0.4, -0.2) is 16.6 Å². The van der Waals surface area contributed by atoms with Gasteiger partial charge in [0.1, 0.15) is 5.78 Å². The SMILES string of the molecule is C=C(C)C(C)C(=O)CC.CC.CC.CC(=O)c1ccc(C#Cc2ccc(CCCc3cccnc3)cc2)cc1. The average Bonchev–Trinajstić information content (AvgIpc) is 2.99. The van der Waals surface area contributed by atoms with E-state index in [0.717, 1.165) is 36.0 Å². The molecule has 1 aromatic heterocycles. The molecule has 0 saturated carbocycles. The smallest absolute Gasteiger partial charge is 0.159 e. The van der Waals surface area contributed by atoms with E-state index in [1.807, 2.05) is 85.0 Å². The first kappa shape index (κ1) is 35.2. The highest BCUT2D eigenvalue weighted by Gasteiger charge is 2.09. The number of rotatable bonds is 8. The number of carbonyl (C=O) groups is 2. The zero-order valence-electron chi connectivity index (χ0n) is 25.3. The van der Waals surface area contributed by atoms with Gasteiger partial charge in [-0.15, -0.1) is 0 Å². The molecule has 1 atom stereocenters. The second kappa shape index (κ2) is 21.2. The third kappa shape index (κ3) is 14.7. The number of aryl methyl sites for hydroxylation is 2. The zero-order chi connectivity index (χ0) is 29.6. The van der Waals surface area contributed by atoms with Crippen LogP contribution in [-0.2, 0) is 17.6 Å². The van der Waals surface area contributed by atoms with Gasteiger partial charge in [-0.2, -0.15) is 0 Å². The molecule has 3 rings (SSSR count). The Labute approximate surface area is 237 Å². The first-order chi connectivity index (χ1) is 18.8. The van der Waals surface area contributed by atoms with E-state index in [-0.39, 0.29) is 17.5 Å².